The quantitative estimate of drug-likeness (QED) is 0.401. The third-order valence-electron chi connectivity index (χ3n) is 4.66. The lowest BCUT2D eigenvalue weighted by atomic mass is 10.2. The summed E-state index contributed by atoms with van der Waals surface area (Å²) in [6, 6.07) is 12.8. The Morgan fingerprint density at radius 1 is 1.19 bits per heavy atom. The first-order valence-corrected chi connectivity index (χ1v) is 10.6. The molecule has 0 aliphatic carbocycles. The Balaban J connectivity index is 1.80. The molecule has 0 bridgehead atoms. The monoisotopic (exact) mass is 437 g/mol. The third-order valence-corrected chi connectivity index (χ3v) is 4.66. The Kier molecular flexibility index (Phi) is 7.96. The Hall–Kier alpha value is -3.68. The van der Waals surface area contributed by atoms with Crippen LogP contribution in [0.15, 0.2) is 59.7 Å². The van der Waals surface area contributed by atoms with Gasteiger partial charge in [-0.3, -0.25) is 14.8 Å². The third kappa shape index (κ3) is 6.41. The van der Waals surface area contributed by atoms with Crippen LogP contribution >= 0.6 is 0 Å². The van der Waals surface area contributed by atoms with Gasteiger partial charge in [0, 0.05) is 29.6 Å². The molecule has 0 radical (unpaired) electrons. The van der Waals surface area contributed by atoms with Gasteiger partial charge in [-0.1, -0.05) is 13.0 Å². The fraction of sp³-hybridized carbons (Fsp3) is 0.292. The zero-order valence-electron chi connectivity index (χ0n) is 18.6. The van der Waals surface area contributed by atoms with Gasteiger partial charge in [-0.25, -0.2) is 9.38 Å². The smallest absolute Gasteiger partial charge is 0.258 e. The lowest BCUT2D eigenvalue weighted by Crippen LogP contribution is -2.36. The number of halogens is 1. The number of aliphatic imine (C=N–C) groups is 1. The highest BCUT2D eigenvalue weighted by atomic mass is 19.1. The van der Waals surface area contributed by atoms with Crippen LogP contribution in [0.4, 0.5) is 10.1 Å². The zero-order valence-corrected chi connectivity index (χ0v) is 18.6. The average molecular weight is 438 g/mol. The van der Waals surface area contributed by atoms with Crippen molar-refractivity contribution in [3.8, 4) is 5.75 Å². The van der Waals surface area contributed by atoms with Crippen molar-refractivity contribution < 1.29 is 13.9 Å². The number of rotatable bonds is 8. The summed E-state index contributed by atoms with van der Waals surface area (Å²) >= 11 is 0. The fourth-order valence-corrected chi connectivity index (χ4v) is 3.08. The van der Waals surface area contributed by atoms with Gasteiger partial charge in [0.25, 0.3) is 5.91 Å². The number of carbonyl (C=O) groups excluding carboxylic acids is 1. The Morgan fingerprint density at radius 2 is 1.97 bits per heavy atom. The molecule has 1 heterocycles. The number of carbonyl (C=O) groups is 1. The molecule has 3 aromatic rings. The maximum atomic E-state index is 13.5. The van der Waals surface area contributed by atoms with Crippen molar-refractivity contribution >= 4 is 17.6 Å². The molecular formula is C24H28FN5O2. The van der Waals surface area contributed by atoms with Crippen LogP contribution < -0.4 is 15.4 Å². The highest BCUT2D eigenvalue weighted by Gasteiger charge is 2.11. The van der Waals surface area contributed by atoms with E-state index in [9.17, 15) is 9.18 Å². The summed E-state index contributed by atoms with van der Waals surface area (Å²) in [7, 11) is 0. The van der Waals surface area contributed by atoms with Crippen LogP contribution in [0.5, 0.6) is 5.75 Å². The molecule has 0 aliphatic rings. The number of nitrogens with zero attached hydrogens (tertiary/aromatic N) is 3. The molecule has 0 aliphatic heterocycles. The first kappa shape index (κ1) is 23.0. The lowest BCUT2D eigenvalue weighted by molar-refractivity contribution is 0.0976. The molecule has 0 saturated carbocycles. The predicted octanol–water partition coefficient (Wildman–Crippen LogP) is 4.54. The number of ether oxygens (including phenoxy) is 1. The second kappa shape index (κ2) is 11.1. The average Bonchev–Trinajstić information content (AvgIpc) is 3.13. The number of nitrogens with one attached hydrogen (secondary N) is 2. The van der Waals surface area contributed by atoms with Gasteiger partial charge in [-0.2, -0.15) is 5.10 Å². The van der Waals surface area contributed by atoms with Crippen molar-refractivity contribution in [2.75, 3.05) is 11.9 Å². The summed E-state index contributed by atoms with van der Waals surface area (Å²) < 4.78 is 20.9. The van der Waals surface area contributed by atoms with Crippen LogP contribution in [0.25, 0.3) is 0 Å². The molecular weight excluding hydrogens is 409 g/mol. The van der Waals surface area contributed by atoms with E-state index in [-0.39, 0.29) is 11.5 Å². The maximum Gasteiger partial charge on any atom is 0.258 e. The van der Waals surface area contributed by atoms with E-state index < -0.39 is 11.7 Å². The summed E-state index contributed by atoms with van der Waals surface area (Å²) in [5, 5.41) is 10.4. The van der Waals surface area contributed by atoms with Crippen LogP contribution in [0.1, 0.15) is 41.9 Å². The van der Waals surface area contributed by atoms with Gasteiger partial charge in [0.1, 0.15) is 11.6 Å². The molecule has 3 rings (SSSR count). The van der Waals surface area contributed by atoms with Crippen LogP contribution in [0.2, 0.25) is 0 Å². The van der Waals surface area contributed by atoms with Crippen LogP contribution in [-0.4, -0.2) is 28.3 Å². The molecule has 8 heteroatoms. The number of benzene rings is 2. The topological polar surface area (TPSA) is 80.5 Å². The molecule has 7 nitrogen and oxygen atoms in total. The number of aryl methyl sites for hydroxylation is 2. The predicted molar refractivity (Wildman–Crippen MR) is 123 cm³/mol. The molecule has 32 heavy (non-hydrogen) atoms. The molecule has 1 amide bonds. The molecule has 168 valence electrons. The zero-order chi connectivity index (χ0) is 22.9. The van der Waals surface area contributed by atoms with E-state index in [4.69, 9.17) is 4.74 Å². The van der Waals surface area contributed by atoms with E-state index in [0.29, 0.717) is 13.2 Å². The van der Waals surface area contributed by atoms with Crippen LogP contribution in [0.3, 0.4) is 0 Å². The molecule has 1 aromatic heterocycles. The number of hydrogen-bond donors (Lipinski definition) is 2. The number of aromatic nitrogens is 2. The first-order valence-electron chi connectivity index (χ1n) is 10.6. The summed E-state index contributed by atoms with van der Waals surface area (Å²) in [5.74, 6) is 0.0695. The van der Waals surface area contributed by atoms with Crippen molar-refractivity contribution in [3.63, 3.8) is 0 Å². The van der Waals surface area contributed by atoms with Gasteiger partial charge in [0.2, 0.25) is 5.96 Å². The highest BCUT2D eigenvalue weighted by molar-refractivity contribution is 6.09. The van der Waals surface area contributed by atoms with Crippen molar-refractivity contribution in [1.82, 2.24) is 15.1 Å². The number of guanidine groups is 1. The maximum absolute atomic E-state index is 13.5. The van der Waals surface area contributed by atoms with Crippen molar-refractivity contribution in [3.05, 3.63) is 77.4 Å². The van der Waals surface area contributed by atoms with Gasteiger partial charge in [0.15, 0.2) is 0 Å². The molecule has 2 N–H and O–H groups in total. The van der Waals surface area contributed by atoms with Gasteiger partial charge < -0.3 is 10.1 Å². The van der Waals surface area contributed by atoms with Gasteiger partial charge >= 0.3 is 0 Å². The summed E-state index contributed by atoms with van der Waals surface area (Å²) in [6.45, 7) is 7.69. The van der Waals surface area contributed by atoms with E-state index in [2.05, 4.69) is 27.6 Å². The summed E-state index contributed by atoms with van der Waals surface area (Å²) in [6.07, 6.45) is 2.95. The Morgan fingerprint density at radius 3 is 2.66 bits per heavy atom. The van der Waals surface area contributed by atoms with E-state index >= 15 is 0 Å². The lowest BCUT2D eigenvalue weighted by Gasteiger charge is -2.12. The number of hydrogen-bond acceptors (Lipinski definition) is 4. The molecule has 2 aromatic carbocycles. The normalized spacial score (nSPS) is 11.3. The number of anilines is 1. The van der Waals surface area contributed by atoms with Crippen molar-refractivity contribution in [2.24, 2.45) is 4.99 Å². The van der Waals surface area contributed by atoms with E-state index in [0.717, 1.165) is 35.7 Å². The summed E-state index contributed by atoms with van der Waals surface area (Å²) in [5.41, 5.74) is 2.78. The van der Waals surface area contributed by atoms with E-state index in [1.165, 1.54) is 18.2 Å². The largest absolute Gasteiger partial charge is 0.494 e. The summed E-state index contributed by atoms with van der Waals surface area (Å²) in [4.78, 5) is 17.2. The highest BCUT2D eigenvalue weighted by Crippen LogP contribution is 2.16. The minimum Gasteiger partial charge on any atom is -0.494 e. The minimum atomic E-state index is -0.477. The van der Waals surface area contributed by atoms with Crippen LogP contribution in [-0.2, 0) is 13.1 Å². The van der Waals surface area contributed by atoms with Gasteiger partial charge in [0.05, 0.1) is 18.8 Å². The molecule has 0 fully saturated rings. The molecule has 0 atom stereocenters. The Labute approximate surface area is 187 Å². The van der Waals surface area contributed by atoms with Crippen molar-refractivity contribution in [2.45, 2.75) is 40.3 Å². The van der Waals surface area contributed by atoms with E-state index in [1.54, 1.807) is 6.07 Å². The molecule has 0 spiro atoms. The van der Waals surface area contributed by atoms with E-state index in [1.807, 2.05) is 49.0 Å². The molecule has 0 saturated heterocycles. The number of amides is 1. The SMILES string of the molecule is CCCn1cc(CN=C(NC(=O)c2cccc(F)c2)Nc2ccc(OCC)cc2)c(C)n1. The minimum absolute atomic E-state index is 0.207. The second-order valence-electron chi connectivity index (χ2n) is 7.21. The van der Waals surface area contributed by atoms with Crippen molar-refractivity contribution in [1.29, 1.82) is 0 Å². The first-order chi connectivity index (χ1) is 15.5. The Bertz CT molecular complexity index is 1080. The molecule has 0 unspecified atom stereocenters. The fourth-order valence-electron chi connectivity index (χ4n) is 3.08. The van der Waals surface area contributed by atoms with Crippen LogP contribution in [0, 0.1) is 12.7 Å². The second-order valence-corrected chi connectivity index (χ2v) is 7.21. The van der Waals surface area contributed by atoms with Gasteiger partial charge in [-0.15, -0.1) is 0 Å². The standard InChI is InChI=1S/C24H28FN5O2/c1-4-13-30-16-19(17(3)29-30)15-26-24(27-21-9-11-22(12-10-21)32-5-2)28-23(31)18-7-6-8-20(25)14-18/h6-12,14,16H,4-5,13,15H2,1-3H3,(H2,26,27,28,31). The van der Waals surface area contributed by atoms with Gasteiger partial charge in [-0.05, 0) is 62.7 Å².